The lowest BCUT2D eigenvalue weighted by molar-refractivity contribution is -0.162. The van der Waals surface area contributed by atoms with E-state index >= 15 is 0 Å². The van der Waals surface area contributed by atoms with Gasteiger partial charge in [0, 0.05) is 25.7 Å². The van der Waals surface area contributed by atoms with E-state index in [0.29, 0.717) is 25.2 Å². The quantitative estimate of drug-likeness (QED) is 0.721. The fourth-order valence-corrected chi connectivity index (χ4v) is 3.22. The second kappa shape index (κ2) is 8.97. The summed E-state index contributed by atoms with van der Waals surface area (Å²) < 4.78 is 11.0. The number of carbonyl (C=O) groups is 3. The fraction of sp³-hybridized carbons (Fsp3) is 0.667. The number of amides is 1. The first-order valence-corrected chi connectivity index (χ1v) is 10.00. The number of rotatable bonds is 5. The Morgan fingerprint density at radius 3 is 2.23 bits per heavy atom. The zero-order chi connectivity index (χ0) is 22.7. The molecule has 1 saturated heterocycles. The van der Waals surface area contributed by atoms with Gasteiger partial charge in [-0.3, -0.25) is 9.78 Å². The minimum Gasteiger partial charge on any atom is -0.476 e. The summed E-state index contributed by atoms with van der Waals surface area (Å²) in [5.74, 6) is -2.21. The minimum atomic E-state index is -1.17. The largest absolute Gasteiger partial charge is 0.476 e. The summed E-state index contributed by atoms with van der Waals surface area (Å²) in [5, 5.41) is 8.98. The van der Waals surface area contributed by atoms with Crippen LogP contribution in [0.15, 0.2) is 12.4 Å². The number of carbonyl (C=O) groups excluding carboxylic acids is 2. The van der Waals surface area contributed by atoms with Crippen molar-refractivity contribution in [1.29, 1.82) is 0 Å². The number of hydrogen-bond donors (Lipinski definition) is 1. The molecule has 0 saturated carbocycles. The van der Waals surface area contributed by atoms with Crippen LogP contribution in [0.1, 0.15) is 64.1 Å². The molecule has 0 aliphatic carbocycles. The summed E-state index contributed by atoms with van der Waals surface area (Å²) in [6.45, 7) is 11.7. The Balaban J connectivity index is 2.16. The third-order valence-corrected chi connectivity index (χ3v) is 4.51. The van der Waals surface area contributed by atoms with Crippen LogP contribution in [0.3, 0.4) is 0 Å². The summed E-state index contributed by atoms with van der Waals surface area (Å²) in [4.78, 5) is 45.9. The van der Waals surface area contributed by atoms with Crippen molar-refractivity contribution in [3.05, 3.63) is 23.8 Å². The van der Waals surface area contributed by atoms with Crippen LogP contribution in [0.2, 0.25) is 0 Å². The Bertz CT molecular complexity index is 779. The monoisotopic (exact) mass is 421 g/mol. The summed E-state index contributed by atoms with van der Waals surface area (Å²) in [7, 11) is 0. The number of ether oxygens (including phenoxy) is 2. The molecule has 9 heteroatoms. The molecule has 1 aliphatic heterocycles. The first-order valence-electron chi connectivity index (χ1n) is 10.00. The van der Waals surface area contributed by atoms with Crippen LogP contribution in [0, 0.1) is 11.8 Å². The van der Waals surface area contributed by atoms with Crippen molar-refractivity contribution >= 4 is 18.0 Å². The summed E-state index contributed by atoms with van der Waals surface area (Å²) >= 11 is 0. The van der Waals surface area contributed by atoms with Crippen LogP contribution in [-0.2, 0) is 20.7 Å². The van der Waals surface area contributed by atoms with E-state index in [1.165, 1.54) is 12.4 Å². The first-order chi connectivity index (χ1) is 13.7. The molecule has 1 aliphatic rings. The van der Waals surface area contributed by atoms with Crippen molar-refractivity contribution in [2.24, 2.45) is 11.8 Å². The predicted octanol–water partition coefficient (Wildman–Crippen LogP) is 2.93. The van der Waals surface area contributed by atoms with Crippen molar-refractivity contribution in [3.8, 4) is 0 Å². The molecule has 0 aromatic carbocycles. The molecule has 30 heavy (non-hydrogen) atoms. The van der Waals surface area contributed by atoms with Gasteiger partial charge in [-0.05, 0) is 53.9 Å². The van der Waals surface area contributed by atoms with Crippen LogP contribution in [0.4, 0.5) is 4.79 Å². The zero-order valence-electron chi connectivity index (χ0n) is 18.5. The smallest absolute Gasteiger partial charge is 0.410 e. The minimum absolute atomic E-state index is 0.131. The molecule has 1 aromatic heterocycles. The van der Waals surface area contributed by atoms with Gasteiger partial charge in [0.25, 0.3) is 0 Å². The number of hydrogen-bond acceptors (Lipinski definition) is 7. The number of aromatic nitrogens is 2. The number of likely N-dealkylation sites (tertiary alicyclic amines) is 1. The van der Waals surface area contributed by atoms with Crippen LogP contribution >= 0.6 is 0 Å². The highest BCUT2D eigenvalue weighted by atomic mass is 16.6. The van der Waals surface area contributed by atoms with Gasteiger partial charge in [0.15, 0.2) is 5.69 Å². The standard InChI is InChI=1S/C21H31N3O6/c1-20(2,3)29-18(27)15(9-14-10-23-16(11-22-14)17(25)26)13-7-8-24(12-13)19(28)30-21(4,5)6/h10-11,13,15H,7-9,12H2,1-6H3,(H,25,26)/t13-,15-/m0/s1. The van der Waals surface area contributed by atoms with Gasteiger partial charge >= 0.3 is 18.0 Å². The van der Waals surface area contributed by atoms with E-state index in [4.69, 9.17) is 14.6 Å². The molecule has 0 bridgehead atoms. The lowest BCUT2D eigenvalue weighted by Gasteiger charge is -2.28. The van der Waals surface area contributed by atoms with Gasteiger partial charge in [-0.25, -0.2) is 14.6 Å². The lowest BCUT2D eigenvalue weighted by Crippen LogP contribution is -2.38. The zero-order valence-corrected chi connectivity index (χ0v) is 18.5. The molecule has 166 valence electrons. The maximum atomic E-state index is 12.9. The van der Waals surface area contributed by atoms with E-state index in [1.54, 1.807) is 46.4 Å². The van der Waals surface area contributed by atoms with Gasteiger partial charge in [0.1, 0.15) is 11.2 Å². The second-order valence-corrected chi connectivity index (χ2v) is 9.52. The maximum Gasteiger partial charge on any atom is 0.410 e. The lowest BCUT2D eigenvalue weighted by atomic mass is 9.87. The SMILES string of the molecule is CC(C)(C)OC(=O)[C@@H](Cc1cnc(C(=O)O)cn1)[C@H]1CCN(C(=O)OC(C)(C)C)C1. The van der Waals surface area contributed by atoms with Crippen molar-refractivity contribution in [2.45, 2.75) is 65.6 Å². The normalized spacial score (nSPS) is 18.1. The molecule has 1 fully saturated rings. The van der Waals surface area contributed by atoms with Gasteiger partial charge < -0.3 is 19.5 Å². The van der Waals surface area contributed by atoms with E-state index in [9.17, 15) is 14.4 Å². The van der Waals surface area contributed by atoms with E-state index in [2.05, 4.69) is 9.97 Å². The molecule has 1 amide bonds. The third-order valence-electron chi connectivity index (χ3n) is 4.51. The molecule has 0 radical (unpaired) electrons. The van der Waals surface area contributed by atoms with Crippen molar-refractivity contribution in [2.75, 3.05) is 13.1 Å². The highest BCUT2D eigenvalue weighted by Gasteiger charge is 2.39. The molecule has 0 unspecified atom stereocenters. The van der Waals surface area contributed by atoms with Crippen molar-refractivity contribution < 1.29 is 29.0 Å². The third kappa shape index (κ3) is 6.96. The molecule has 1 aromatic rings. The average Bonchev–Trinajstić information content (AvgIpc) is 3.07. The molecule has 2 heterocycles. The second-order valence-electron chi connectivity index (χ2n) is 9.52. The number of carboxylic acid groups (broad SMARTS) is 1. The molecule has 9 nitrogen and oxygen atoms in total. The molecule has 2 atom stereocenters. The Morgan fingerprint density at radius 2 is 1.73 bits per heavy atom. The van der Waals surface area contributed by atoms with Crippen molar-refractivity contribution in [1.82, 2.24) is 14.9 Å². The Hall–Kier alpha value is -2.71. The molecular weight excluding hydrogens is 390 g/mol. The van der Waals surface area contributed by atoms with Gasteiger partial charge in [-0.15, -0.1) is 0 Å². The number of carboxylic acids is 1. The van der Waals surface area contributed by atoms with E-state index < -0.39 is 29.2 Å². The average molecular weight is 421 g/mol. The van der Waals surface area contributed by atoms with E-state index in [-0.39, 0.29) is 24.0 Å². The van der Waals surface area contributed by atoms with Gasteiger partial charge in [0.2, 0.25) is 0 Å². The topological polar surface area (TPSA) is 119 Å². The predicted molar refractivity (Wildman–Crippen MR) is 108 cm³/mol. The summed E-state index contributed by atoms with van der Waals surface area (Å²) in [6.07, 6.45) is 3.00. The molecule has 1 N–H and O–H groups in total. The van der Waals surface area contributed by atoms with E-state index in [1.807, 2.05) is 0 Å². The van der Waals surface area contributed by atoms with Crippen LogP contribution in [-0.4, -0.2) is 62.3 Å². The Labute approximate surface area is 176 Å². The molecule has 2 rings (SSSR count). The molecular formula is C21H31N3O6. The van der Waals surface area contributed by atoms with Crippen LogP contribution in [0.25, 0.3) is 0 Å². The van der Waals surface area contributed by atoms with Gasteiger partial charge in [-0.2, -0.15) is 0 Å². The van der Waals surface area contributed by atoms with E-state index in [0.717, 1.165) is 0 Å². The number of nitrogens with zero attached hydrogens (tertiary/aromatic N) is 3. The summed E-state index contributed by atoms with van der Waals surface area (Å²) in [6, 6.07) is 0. The Kier molecular flexibility index (Phi) is 7.05. The Morgan fingerprint density at radius 1 is 1.10 bits per heavy atom. The highest BCUT2D eigenvalue weighted by Crippen LogP contribution is 2.30. The summed E-state index contributed by atoms with van der Waals surface area (Å²) in [5.41, 5.74) is -0.921. The highest BCUT2D eigenvalue weighted by molar-refractivity contribution is 5.84. The molecule has 0 spiro atoms. The van der Waals surface area contributed by atoms with Crippen LogP contribution in [0.5, 0.6) is 0 Å². The van der Waals surface area contributed by atoms with Gasteiger partial charge in [0.05, 0.1) is 17.8 Å². The fourth-order valence-electron chi connectivity index (χ4n) is 3.22. The maximum absolute atomic E-state index is 12.9. The number of esters is 1. The van der Waals surface area contributed by atoms with Crippen LogP contribution < -0.4 is 0 Å². The van der Waals surface area contributed by atoms with Crippen molar-refractivity contribution in [3.63, 3.8) is 0 Å². The number of aromatic carboxylic acids is 1. The first kappa shape index (κ1) is 23.6. The van der Waals surface area contributed by atoms with Gasteiger partial charge in [-0.1, -0.05) is 0 Å².